The van der Waals surface area contributed by atoms with Crippen molar-refractivity contribution in [2.45, 2.75) is 39.2 Å². The zero-order valence-electron chi connectivity index (χ0n) is 10.7. The second-order valence-electron chi connectivity index (χ2n) is 5.33. The third-order valence-electron chi connectivity index (χ3n) is 3.68. The van der Waals surface area contributed by atoms with Crippen molar-refractivity contribution < 1.29 is 5.11 Å². The van der Waals surface area contributed by atoms with Gasteiger partial charge in [0.15, 0.2) is 0 Å². The fourth-order valence-electron chi connectivity index (χ4n) is 2.15. The smallest absolute Gasteiger partial charge is 0.0499 e. The van der Waals surface area contributed by atoms with Crippen molar-refractivity contribution in [3.63, 3.8) is 0 Å². The Morgan fingerprint density at radius 1 is 1.18 bits per heavy atom. The van der Waals surface area contributed by atoms with E-state index in [4.69, 9.17) is 0 Å². The van der Waals surface area contributed by atoms with E-state index in [9.17, 15) is 5.11 Å². The van der Waals surface area contributed by atoms with Gasteiger partial charge in [-0.1, -0.05) is 37.6 Å². The van der Waals surface area contributed by atoms with Gasteiger partial charge in [-0.3, -0.25) is 0 Å². The van der Waals surface area contributed by atoms with E-state index in [1.807, 2.05) is 0 Å². The Balaban J connectivity index is 1.75. The minimum Gasteiger partial charge on any atom is -0.396 e. The first-order valence-electron chi connectivity index (χ1n) is 6.67. The van der Waals surface area contributed by atoms with Crippen LogP contribution in [0, 0.1) is 5.41 Å². The molecule has 0 aromatic heterocycles. The predicted octanol–water partition coefficient (Wildman–Crippen LogP) is 2.50. The highest BCUT2D eigenvalue weighted by Crippen LogP contribution is 2.44. The lowest BCUT2D eigenvalue weighted by Gasteiger charge is -2.12. The molecule has 0 radical (unpaired) electrons. The Morgan fingerprint density at radius 2 is 1.82 bits per heavy atom. The first-order chi connectivity index (χ1) is 8.28. The van der Waals surface area contributed by atoms with E-state index in [1.165, 1.54) is 36.8 Å². The summed E-state index contributed by atoms with van der Waals surface area (Å²) in [6, 6.07) is 8.85. The molecule has 0 bridgehead atoms. The third kappa shape index (κ3) is 3.55. The van der Waals surface area contributed by atoms with Crippen LogP contribution in [-0.4, -0.2) is 18.3 Å². The van der Waals surface area contributed by atoms with Crippen molar-refractivity contribution >= 4 is 0 Å². The number of rotatable bonds is 7. The summed E-state index contributed by atoms with van der Waals surface area (Å²) in [5.74, 6) is 0. The Hall–Kier alpha value is -0.860. The van der Waals surface area contributed by atoms with Crippen LogP contribution in [0.5, 0.6) is 0 Å². The summed E-state index contributed by atoms with van der Waals surface area (Å²) < 4.78 is 0. The van der Waals surface area contributed by atoms with Crippen LogP contribution in [0.1, 0.15) is 37.3 Å². The lowest BCUT2D eigenvalue weighted by atomic mass is 10.1. The van der Waals surface area contributed by atoms with Crippen LogP contribution in [0.25, 0.3) is 0 Å². The van der Waals surface area contributed by atoms with E-state index in [-0.39, 0.29) is 5.41 Å². The van der Waals surface area contributed by atoms with Gasteiger partial charge < -0.3 is 10.4 Å². The molecule has 94 valence electrons. The molecule has 2 rings (SSSR count). The SMILES string of the molecule is CCCc1ccc(CNCC2(CO)CC2)cc1. The number of hydrogen-bond donors (Lipinski definition) is 2. The van der Waals surface area contributed by atoms with Gasteiger partial charge in [-0.2, -0.15) is 0 Å². The van der Waals surface area contributed by atoms with E-state index in [0.717, 1.165) is 13.1 Å². The molecule has 2 nitrogen and oxygen atoms in total. The first kappa shape index (κ1) is 12.6. The summed E-state index contributed by atoms with van der Waals surface area (Å²) in [5, 5.41) is 12.7. The number of benzene rings is 1. The van der Waals surface area contributed by atoms with E-state index in [0.29, 0.717) is 6.61 Å². The lowest BCUT2D eigenvalue weighted by molar-refractivity contribution is 0.207. The number of aliphatic hydroxyl groups excluding tert-OH is 1. The molecule has 0 amide bonds. The topological polar surface area (TPSA) is 32.3 Å². The van der Waals surface area contributed by atoms with Gasteiger partial charge in [0, 0.05) is 25.1 Å². The van der Waals surface area contributed by atoms with E-state index >= 15 is 0 Å². The molecular formula is C15H23NO. The molecule has 1 aliphatic carbocycles. The van der Waals surface area contributed by atoms with Crippen molar-refractivity contribution in [2.24, 2.45) is 5.41 Å². The molecule has 17 heavy (non-hydrogen) atoms. The number of aryl methyl sites for hydroxylation is 1. The minimum atomic E-state index is 0.210. The molecule has 2 N–H and O–H groups in total. The van der Waals surface area contributed by atoms with Gasteiger partial charge in [0.1, 0.15) is 0 Å². The van der Waals surface area contributed by atoms with Crippen molar-refractivity contribution in [3.8, 4) is 0 Å². The molecule has 0 aliphatic heterocycles. The zero-order chi connectivity index (χ0) is 12.1. The number of aliphatic hydroxyl groups is 1. The maximum Gasteiger partial charge on any atom is 0.0499 e. The maximum atomic E-state index is 9.21. The molecule has 0 unspecified atom stereocenters. The highest BCUT2D eigenvalue weighted by atomic mass is 16.3. The zero-order valence-corrected chi connectivity index (χ0v) is 10.7. The van der Waals surface area contributed by atoms with Gasteiger partial charge >= 0.3 is 0 Å². The van der Waals surface area contributed by atoms with Crippen LogP contribution in [0.2, 0.25) is 0 Å². The Morgan fingerprint density at radius 3 is 2.35 bits per heavy atom. The Bertz CT molecular complexity index is 340. The van der Waals surface area contributed by atoms with Crippen LogP contribution >= 0.6 is 0 Å². The van der Waals surface area contributed by atoms with Gasteiger partial charge in [0.2, 0.25) is 0 Å². The van der Waals surface area contributed by atoms with Gasteiger partial charge in [-0.05, 0) is 30.4 Å². The van der Waals surface area contributed by atoms with Crippen LogP contribution < -0.4 is 5.32 Å². The van der Waals surface area contributed by atoms with Crippen LogP contribution in [-0.2, 0) is 13.0 Å². The second kappa shape index (κ2) is 5.65. The van der Waals surface area contributed by atoms with Crippen molar-refractivity contribution in [3.05, 3.63) is 35.4 Å². The average Bonchev–Trinajstić information content (AvgIpc) is 3.13. The highest BCUT2D eigenvalue weighted by molar-refractivity contribution is 5.22. The summed E-state index contributed by atoms with van der Waals surface area (Å²) in [4.78, 5) is 0. The van der Waals surface area contributed by atoms with Gasteiger partial charge in [0.25, 0.3) is 0 Å². The Kier molecular flexibility index (Phi) is 4.19. The molecule has 2 heteroatoms. The molecular weight excluding hydrogens is 210 g/mol. The lowest BCUT2D eigenvalue weighted by Crippen LogP contribution is -2.26. The van der Waals surface area contributed by atoms with Crippen molar-refractivity contribution in [2.75, 3.05) is 13.2 Å². The normalized spacial score (nSPS) is 17.1. The maximum absolute atomic E-state index is 9.21. The fraction of sp³-hybridized carbons (Fsp3) is 0.600. The van der Waals surface area contributed by atoms with Crippen LogP contribution in [0.4, 0.5) is 0 Å². The molecule has 1 aliphatic rings. The molecule has 0 heterocycles. The van der Waals surface area contributed by atoms with Crippen molar-refractivity contribution in [1.82, 2.24) is 5.32 Å². The van der Waals surface area contributed by atoms with Crippen molar-refractivity contribution in [1.29, 1.82) is 0 Å². The number of hydrogen-bond acceptors (Lipinski definition) is 2. The monoisotopic (exact) mass is 233 g/mol. The summed E-state index contributed by atoms with van der Waals surface area (Å²) in [6.07, 6.45) is 4.72. The summed E-state index contributed by atoms with van der Waals surface area (Å²) in [5.41, 5.74) is 2.96. The highest BCUT2D eigenvalue weighted by Gasteiger charge is 2.41. The largest absolute Gasteiger partial charge is 0.396 e. The van der Waals surface area contributed by atoms with Crippen LogP contribution in [0.15, 0.2) is 24.3 Å². The molecule has 1 aromatic carbocycles. The summed E-state index contributed by atoms with van der Waals surface area (Å²) in [7, 11) is 0. The van der Waals surface area contributed by atoms with E-state index in [1.54, 1.807) is 0 Å². The molecule has 0 spiro atoms. The third-order valence-corrected chi connectivity index (χ3v) is 3.68. The molecule has 1 fully saturated rings. The van der Waals surface area contributed by atoms with Gasteiger partial charge in [0.05, 0.1) is 0 Å². The second-order valence-corrected chi connectivity index (χ2v) is 5.33. The quantitative estimate of drug-likeness (QED) is 0.758. The van der Waals surface area contributed by atoms with Crippen LogP contribution in [0.3, 0.4) is 0 Å². The van der Waals surface area contributed by atoms with Gasteiger partial charge in [-0.15, -0.1) is 0 Å². The molecule has 1 aromatic rings. The molecule has 0 saturated heterocycles. The van der Waals surface area contributed by atoms with E-state index in [2.05, 4.69) is 36.5 Å². The van der Waals surface area contributed by atoms with E-state index < -0.39 is 0 Å². The molecule has 0 atom stereocenters. The number of nitrogens with one attached hydrogen (secondary N) is 1. The summed E-state index contributed by atoms with van der Waals surface area (Å²) in [6.45, 7) is 4.39. The summed E-state index contributed by atoms with van der Waals surface area (Å²) >= 11 is 0. The molecule has 1 saturated carbocycles. The minimum absolute atomic E-state index is 0.210. The standard InChI is InChI=1S/C15H23NO/c1-2-3-13-4-6-14(7-5-13)10-16-11-15(12-17)8-9-15/h4-7,16-17H,2-3,8-12H2,1H3. The fourth-order valence-corrected chi connectivity index (χ4v) is 2.15. The van der Waals surface area contributed by atoms with Gasteiger partial charge in [-0.25, -0.2) is 0 Å². The average molecular weight is 233 g/mol. The Labute approximate surface area is 104 Å². The first-order valence-corrected chi connectivity index (χ1v) is 6.67. The predicted molar refractivity (Wildman–Crippen MR) is 70.9 cm³/mol.